The number of hydroxylamine groups is 1. The Bertz CT molecular complexity index is 726. The summed E-state index contributed by atoms with van der Waals surface area (Å²) in [7, 11) is 1.45. The molecule has 168 valence electrons. The predicted octanol–water partition coefficient (Wildman–Crippen LogP) is 1.81. The third kappa shape index (κ3) is 6.97. The SMILES string of the molecule is CCC[C@H](C(=O)NO)[C@@](O)(CC(C)C)C(=O)N[C@@H](Cc1ccc(Cl)cc1)C(=O)NC. The van der Waals surface area contributed by atoms with Crippen LogP contribution in [0, 0.1) is 11.8 Å². The van der Waals surface area contributed by atoms with Crippen LogP contribution in [0.1, 0.15) is 45.6 Å². The molecule has 0 unspecified atom stereocenters. The normalized spacial score (nSPS) is 15.1. The Balaban J connectivity index is 3.21. The van der Waals surface area contributed by atoms with Crippen LogP contribution in [0.4, 0.5) is 0 Å². The molecule has 0 saturated heterocycles. The summed E-state index contributed by atoms with van der Waals surface area (Å²) >= 11 is 5.90. The lowest BCUT2D eigenvalue weighted by molar-refractivity contribution is -0.160. The van der Waals surface area contributed by atoms with Crippen LogP contribution in [-0.4, -0.2) is 46.7 Å². The van der Waals surface area contributed by atoms with Crippen molar-refractivity contribution >= 4 is 29.3 Å². The molecule has 0 radical (unpaired) electrons. The van der Waals surface area contributed by atoms with Crippen molar-refractivity contribution in [2.24, 2.45) is 11.8 Å². The standard InChI is InChI=1S/C21H32ClN3O5/c1-5-6-16(18(26)25-30)21(29,12-13(2)3)20(28)24-17(19(27)23-4)11-14-7-9-15(22)10-8-14/h7-10,13,16-17,29-30H,5-6,11-12H2,1-4H3,(H,23,27)(H,24,28)(H,25,26)/t16-,17+,21+/m1/s1. The van der Waals surface area contributed by atoms with Crippen molar-refractivity contribution in [3.63, 3.8) is 0 Å². The highest BCUT2D eigenvalue weighted by molar-refractivity contribution is 6.30. The van der Waals surface area contributed by atoms with Crippen LogP contribution >= 0.6 is 11.6 Å². The van der Waals surface area contributed by atoms with E-state index in [1.807, 2.05) is 13.8 Å². The predicted molar refractivity (Wildman–Crippen MR) is 114 cm³/mol. The summed E-state index contributed by atoms with van der Waals surface area (Å²) in [5.41, 5.74) is 0.214. The number of benzene rings is 1. The highest BCUT2D eigenvalue weighted by atomic mass is 35.5. The van der Waals surface area contributed by atoms with Gasteiger partial charge in [-0.15, -0.1) is 0 Å². The zero-order chi connectivity index (χ0) is 22.9. The van der Waals surface area contributed by atoms with Crippen molar-refractivity contribution in [1.29, 1.82) is 0 Å². The highest BCUT2D eigenvalue weighted by Crippen LogP contribution is 2.30. The van der Waals surface area contributed by atoms with Crippen molar-refractivity contribution in [2.75, 3.05) is 7.05 Å². The smallest absolute Gasteiger partial charge is 0.253 e. The molecule has 0 aromatic heterocycles. The van der Waals surface area contributed by atoms with Crippen LogP contribution in [0.5, 0.6) is 0 Å². The van der Waals surface area contributed by atoms with Crippen molar-refractivity contribution in [3.8, 4) is 0 Å². The van der Waals surface area contributed by atoms with Gasteiger partial charge in [0.05, 0.1) is 5.92 Å². The molecule has 1 aromatic carbocycles. The van der Waals surface area contributed by atoms with E-state index in [1.165, 1.54) is 7.05 Å². The van der Waals surface area contributed by atoms with E-state index < -0.39 is 35.3 Å². The Morgan fingerprint density at radius 2 is 1.73 bits per heavy atom. The molecule has 0 spiro atoms. The van der Waals surface area contributed by atoms with E-state index in [0.29, 0.717) is 11.4 Å². The van der Waals surface area contributed by atoms with Crippen LogP contribution in [0.15, 0.2) is 24.3 Å². The number of hydrogen-bond acceptors (Lipinski definition) is 5. The third-order valence-corrected chi connectivity index (χ3v) is 5.17. The molecule has 0 heterocycles. The fourth-order valence-electron chi connectivity index (χ4n) is 3.49. The number of likely N-dealkylation sites (N-methyl/N-ethyl adjacent to an activating group) is 1. The first-order chi connectivity index (χ1) is 14.1. The first-order valence-corrected chi connectivity index (χ1v) is 10.4. The summed E-state index contributed by atoms with van der Waals surface area (Å²) in [6.07, 6.45) is 0.851. The van der Waals surface area contributed by atoms with E-state index in [-0.39, 0.29) is 25.2 Å². The van der Waals surface area contributed by atoms with Crippen LogP contribution in [0.25, 0.3) is 0 Å². The minimum Gasteiger partial charge on any atom is -0.379 e. The van der Waals surface area contributed by atoms with E-state index >= 15 is 0 Å². The lowest BCUT2D eigenvalue weighted by Gasteiger charge is -2.36. The van der Waals surface area contributed by atoms with Crippen molar-refractivity contribution in [1.82, 2.24) is 16.1 Å². The van der Waals surface area contributed by atoms with E-state index in [1.54, 1.807) is 36.7 Å². The molecule has 1 aromatic rings. The maximum absolute atomic E-state index is 13.2. The van der Waals surface area contributed by atoms with Crippen molar-refractivity contribution in [3.05, 3.63) is 34.9 Å². The van der Waals surface area contributed by atoms with Crippen molar-refractivity contribution in [2.45, 2.75) is 58.1 Å². The number of nitrogens with one attached hydrogen (secondary N) is 3. The second-order valence-electron chi connectivity index (χ2n) is 7.81. The van der Waals surface area contributed by atoms with E-state index in [0.717, 1.165) is 5.56 Å². The molecule has 0 saturated carbocycles. The summed E-state index contributed by atoms with van der Waals surface area (Å²) < 4.78 is 0. The summed E-state index contributed by atoms with van der Waals surface area (Å²) in [5.74, 6) is -3.41. The third-order valence-electron chi connectivity index (χ3n) is 4.91. The Labute approximate surface area is 182 Å². The maximum atomic E-state index is 13.2. The summed E-state index contributed by atoms with van der Waals surface area (Å²) in [5, 5.41) is 26.1. The Hall–Kier alpha value is -2.16. The van der Waals surface area contributed by atoms with Crippen LogP contribution < -0.4 is 16.1 Å². The number of carbonyl (C=O) groups is 3. The number of amides is 3. The van der Waals surface area contributed by atoms with E-state index in [2.05, 4.69) is 10.6 Å². The van der Waals surface area contributed by atoms with Gasteiger partial charge in [-0.25, -0.2) is 5.48 Å². The molecule has 3 atom stereocenters. The summed E-state index contributed by atoms with van der Waals surface area (Å²) in [6, 6.07) is 5.87. The van der Waals surface area contributed by atoms with Gasteiger partial charge in [-0.2, -0.15) is 0 Å². The van der Waals surface area contributed by atoms with Crippen LogP contribution in [0.3, 0.4) is 0 Å². The average molecular weight is 442 g/mol. The van der Waals surface area contributed by atoms with E-state index in [9.17, 15) is 19.5 Å². The molecule has 5 N–H and O–H groups in total. The van der Waals surface area contributed by atoms with Gasteiger partial charge >= 0.3 is 0 Å². The zero-order valence-corrected chi connectivity index (χ0v) is 18.6. The van der Waals surface area contributed by atoms with E-state index in [4.69, 9.17) is 16.8 Å². The molecule has 3 amide bonds. The topological polar surface area (TPSA) is 128 Å². The second kappa shape index (κ2) is 11.9. The molecule has 30 heavy (non-hydrogen) atoms. The van der Waals surface area contributed by atoms with Gasteiger partial charge in [0.2, 0.25) is 11.8 Å². The second-order valence-corrected chi connectivity index (χ2v) is 8.25. The molecule has 0 bridgehead atoms. The van der Waals surface area contributed by atoms with Gasteiger partial charge in [-0.3, -0.25) is 19.6 Å². The van der Waals surface area contributed by atoms with Crippen molar-refractivity contribution < 1.29 is 24.7 Å². The van der Waals surface area contributed by atoms with Gasteiger partial charge in [0.25, 0.3) is 5.91 Å². The van der Waals surface area contributed by atoms with Gasteiger partial charge in [0.15, 0.2) is 5.60 Å². The molecule has 9 heteroatoms. The number of carbonyl (C=O) groups excluding carboxylic acids is 3. The van der Waals surface area contributed by atoms with Crippen LogP contribution in [-0.2, 0) is 20.8 Å². The lowest BCUT2D eigenvalue weighted by Crippen LogP contribution is -2.60. The fourth-order valence-corrected chi connectivity index (χ4v) is 3.62. The highest BCUT2D eigenvalue weighted by Gasteiger charge is 2.48. The monoisotopic (exact) mass is 441 g/mol. The number of rotatable bonds is 11. The van der Waals surface area contributed by atoms with Gasteiger partial charge in [0.1, 0.15) is 6.04 Å². The van der Waals surface area contributed by atoms with Gasteiger partial charge in [-0.1, -0.05) is 50.9 Å². The van der Waals surface area contributed by atoms with Gasteiger partial charge in [-0.05, 0) is 36.5 Å². The number of halogens is 1. The Morgan fingerprint density at radius 1 is 1.13 bits per heavy atom. The van der Waals surface area contributed by atoms with Crippen LogP contribution in [0.2, 0.25) is 5.02 Å². The maximum Gasteiger partial charge on any atom is 0.253 e. The number of aliphatic hydroxyl groups is 1. The summed E-state index contributed by atoms with van der Waals surface area (Å²) in [6.45, 7) is 5.42. The fraction of sp³-hybridized carbons (Fsp3) is 0.571. The zero-order valence-electron chi connectivity index (χ0n) is 17.9. The lowest BCUT2D eigenvalue weighted by atomic mass is 9.77. The Kier molecular flexibility index (Phi) is 10.2. The number of hydrogen-bond donors (Lipinski definition) is 5. The minimum atomic E-state index is -2.09. The molecule has 0 aliphatic rings. The molecule has 1 rings (SSSR count). The first-order valence-electron chi connectivity index (χ1n) is 10.0. The Morgan fingerprint density at radius 3 is 2.20 bits per heavy atom. The molecule has 0 aliphatic carbocycles. The van der Waals surface area contributed by atoms with Gasteiger partial charge in [0, 0.05) is 18.5 Å². The molecular weight excluding hydrogens is 410 g/mol. The summed E-state index contributed by atoms with van der Waals surface area (Å²) in [4.78, 5) is 37.8. The molecule has 0 aliphatic heterocycles. The first kappa shape index (κ1) is 25.9. The van der Waals surface area contributed by atoms with Gasteiger partial charge < -0.3 is 15.7 Å². The molecule has 0 fully saturated rings. The molecule has 8 nitrogen and oxygen atoms in total. The quantitative estimate of drug-likeness (QED) is 0.264. The largest absolute Gasteiger partial charge is 0.379 e. The average Bonchev–Trinajstić information content (AvgIpc) is 2.71. The minimum absolute atomic E-state index is 0.0155. The molecular formula is C21H32ClN3O5.